The smallest absolute Gasteiger partial charge is 0.405 e. The lowest BCUT2D eigenvalue weighted by Gasteiger charge is -2.16. The number of hydrogen-bond acceptors (Lipinski definition) is 3. The van der Waals surface area contributed by atoms with E-state index in [4.69, 9.17) is 0 Å². The van der Waals surface area contributed by atoms with Gasteiger partial charge in [0, 0.05) is 24.3 Å². The molecule has 1 aromatic rings. The largest absolute Gasteiger partial charge is 0.573 e. The number of hydrogen-bond donors (Lipinski definition) is 1. The molecule has 2 rings (SSSR count). The Bertz CT molecular complexity index is 471. The predicted octanol–water partition coefficient (Wildman–Crippen LogP) is 3.85. The summed E-state index contributed by atoms with van der Waals surface area (Å²) in [6.45, 7) is 3.07. The van der Waals surface area contributed by atoms with Gasteiger partial charge in [0.2, 0.25) is 0 Å². The van der Waals surface area contributed by atoms with E-state index in [1.807, 2.05) is 0 Å². The lowest BCUT2D eigenvalue weighted by Crippen LogP contribution is -2.24. The summed E-state index contributed by atoms with van der Waals surface area (Å²) in [5.41, 5.74) is 0.777. The second kappa shape index (κ2) is 5.81. The summed E-state index contributed by atoms with van der Waals surface area (Å²) in [4.78, 5) is 2.24. The number of rotatable bonds is 3. The first-order valence-electron chi connectivity index (χ1n) is 6.26. The van der Waals surface area contributed by atoms with Gasteiger partial charge in [-0.25, -0.2) is 0 Å². The first-order valence-corrected chi connectivity index (χ1v) is 7.06. The number of alkyl halides is 3. The van der Waals surface area contributed by atoms with E-state index in [-0.39, 0.29) is 10.2 Å². The molecule has 0 bridgehead atoms. The van der Waals surface area contributed by atoms with E-state index in [1.165, 1.54) is 6.07 Å². The SMILES string of the molecule is CC1CC(Nc2ccc(OC(F)(F)F)c(Br)c2)CN1C. The molecule has 1 aliphatic rings. The van der Waals surface area contributed by atoms with Crippen LogP contribution < -0.4 is 10.1 Å². The molecule has 7 heteroatoms. The molecule has 0 aliphatic carbocycles. The van der Waals surface area contributed by atoms with Gasteiger partial charge in [-0.15, -0.1) is 13.2 Å². The molecule has 1 fully saturated rings. The Morgan fingerprint density at radius 1 is 1.40 bits per heavy atom. The molecule has 20 heavy (non-hydrogen) atoms. The molecule has 0 spiro atoms. The maximum absolute atomic E-state index is 12.2. The maximum atomic E-state index is 12.2. The Morgan fingerprint density at radius 2 is 2.10 bits per heavy atom. The van der Waals surface area contributed by atoms with Gasteiger partial charge in [-0.2, -0.15) is 0 Å². The fourth-order valence-corrected chi connectivity index (χ4v) is 2.79. The van der Waals surface area contributed by atoms with Crippen LogP contribution in [0.2, 0.25) is 0 Å². The number of benzene rings is 1. The standard InChI is InChI=1S/C13H16BrF3N2O/c1-8-5-10(7-19(8)2)18-9-3-4-12(11(14)6-9)20-13(15,16)17/h3-4,6,8,10,18H,5,7H2,1-2H3. The molecule has 0 saturated carbocycles. The molecule has 1 saturated heterocycles. The fourth-order valence-electron chi connectivity index (χ4n) is 2.33. The van der Waals surface area contributed by atoms with Crippen LogP contribution in [0, 0.1) is 0 Å². The zero-order chi connectivity index (χ0) is 14.9. The van der Waals surface area contributed by atoms with Gasteiger partial charge in [-0.3, -0.25) is 0 Å². The van der Waals surface area contributed by atoms with Crippen molar-refractivity contribution in [3.63, 3.8) is 0 Å². The summed E-state index contributed by atoms with van der Waals surface area (Å²) in [6, 6.07) is 5.31. The highest BCUT2D eigenvalue weighted by Crippen LogP contribution is 2.33. The van der Waals surface area contributed by atoms with Gasteiger partial charge in [0.25, 0.3) is 0 Å². The lowest BCUT2D eigenvalue weighted by atomic mass is 10.2. The maximum Gasteiger partial charge on any atom is 0.573 e. The molecule has 1 N–H and O–H groups in total. The zero-order valence-corrected chi connectivity index (χ0v) is 12.8. The summed E-state index contributed by atoms with van der Waals surface area (Å²) in [6.07, 6.45) is -3.67. The molecule has 2 unspecified atom stereocenters. The summed E-state index contributed by atoms with van der Waals surface area (Å²) < 4.78 is 40.7. The molecule has 1 aliphatic heterocycles. The molecule has 1 aromatic carbocycles. The molecule has 0 amide bonds. The third-order valence-corrected chi connectivity index (χ3v) is 4.03. The van der Waals surface area contributed by atoms with E-state index in [0.717, 1.165) is 18.7 Å². The summed E-state index contributed by atoms with van der Waals surface area (Å²) in [5.74, 6) is -0.236. The summed E-state index contributed by atoms with van der Waals surface area (Å²) in [5, 5.41) is 3.32. The second-order valence-corrected chi connectivity index (χ2v) is 5.91. The van der Waals surface area contributed by atoms with Gasteiger partial charge in [0.1, 0.15) is 5.75 Å². The van der Waals surface area contributed by atoms with Crippen LogP contribution in [-0.4, -0.2) is 36.9 Å². The average molecular weight is 353 g/mol. The summed E-state index contributed by atoms with van der Waals surface area (Å²) in [7, 11) is 2.06. The number of nitrogens with zero attached hydrogens (tertiary/aromatic N) is 1. The van der Waals surface area contributed by atoms with Crippen LogP contribution in [0.25, 0.3) is 0 Å². The first-order chi connectivity index (χ1) is 9.24. The van der Waals surface area contributed by atoms with Gasteiger partial charge in [-0.1, -0.05) is 0 Å². The van der Waals surface area contributed by atoms with Crippen molar-refractivity contribution in [2.75, 3.05) is 18.9 Å². The van der Waals surface area contributed by atoms with Gasteiger partial charge < -0.3 is 15.0 Å². The van der Waals surface area contributed by atoms with Gasteiger partial charge in [0.15, 0.2) is 0 Å². The van der Waals surface area contributed by atoms with Gasteiger partial charge >= 0.3 is 6.36 Å². The number of ether oxygens (including phenoxy) is 1. The van der Waals surface area contributed by atoms with Gasteiger partial charge in [0.05, 0.1) is 4.47 Å². The Kier molecular flexibility index (Phi) is 4.49. The highest BCUT2D eigenvalue weighted by atomic mass is 79.9. The number of nitrogens with one attached hydrogen (secondary N) is 1. The highest BCUT2D eigenvalue weighted by Gasteiger charge is 2.32. The molecule has 3 nitrogen and oxygen atoms in total. The molecule has 2 atom stereocenters. The molecule has 1 heterocycles. The van der Waals surface area contributed by atoms with E-state index < -0.39 is 6.36 Å². The van der Waals surface area contributed by atoms with Crippen LogP contribution in [-0.2, 0) is 0 Å². The Balaban J connectivity index is 2.02. The normalized spacial score (nSPS) is 23.9. The quantitative estimate of drug-likeness (QED) is 0.893. The van der Waals surface area contributed by atoms with E-state index in [9.17, 15) is 13.2 Å². The van der Waals surface area contributed by atoms with Crippen LogP contribution in [0.15, 0.2) is 22.7 Å². The minimum absolute atomic E-state index is 0.236. The molecule has 0 aromatic heterocycles. The second-order valence-electron chi connectivity index (χ2n) is 5.06. The lowest BCUT2D eigenvalue weighted by molar-refractivity contribution is -0.274. The van der Waals surface area contributed by atoms with Crippen molar-refractivity contribution in [3.05, 3.63) is 22.7 Å². The third kappa shape index (κ3) is 4.02. The van der Waals surface area contributed by atoms with Gasteiger partial charge in [-0.05, 0) is 54.5 Å². The number of likely N-dealkylation sites (N-methyl/N-ethyl adjacent to an activating group) is 1. The number of likely N-dealkylation sites (tertiary alicyclic amines) is 1. The van der Waals surface area contributed by atoms with E-state index in [0.29, 0.717) is 12.1 Å². The van der Waals surface area contributed by atoms with Crippen molar-refractivity contribution in [2.24, 2.45) is 0 Å². The molecule has 0 radical (unpaired) electrons. The minimum Gasteiger partial charge on any atom is -0.405 e. The van der Waals surface area contributed by atoms with Crippen molar-refractivity contribution in [2.45, 2.75) is 31.8 Å². The van der Waals surface area contributed by atoms with Crippen LogP contribution in [0.4, 0.5) is 18.9 Å². The highest BCUT2D eigenvalue weighted by molar-refractivity contribution is 9.10. The number of anilines is 1. The van der Waals surface area contributed by atoms with Crippen molar-refractivity contribution in [1.82, 2.24) is 4.90 Å². The van der Waals surface area contributed by atoms with Crippen LogP contribution in [0.3, 0.4) is 0 Å². The molecular formula is C13H16BrF3N2O. The van der Waals surface area contributed by atoms with Crippen molar-refractivity contribution < 1.29 is 17.9 Å². The first kappa shape index (κ1) is 15.4. The van der Waals surface area contributed by atoms with Crippen molar-refractivity contribution in [3.8, 4) is 5.75 Å². The Hall–Kier alpha value is -0.950. The average Bonchev–Trinajstić information content (AvgIpc) is 2.60. The third-order valence-electron chi connectivity index (χ3n) is 3.41. The number of halogens is 4. The van der Waals surface area contributed by atoms with E-state index >= 15 is 0 Å². The Morgan fingerprint density at radius 3 is 2.60 bits per heavy atom. The fraction of sp³-hybridized carbons (Fsp3) is 0.538. The van der Waals surface area contributed by atoms with Crippen LogP contribution >= 0.6 is 15.9 Å². The van der Waals surface area contributed by atoms with Crippen molar-refractivity contribution >= 4 is 21.6 Å². The Labute approximate surface area is 124 Å². The van der Waals surface area contributed by atoms with Crippen LogP contribution in [0.1, 0.15) is 13.3 Å². The monoisotopic (exact) mass is 352 g/mol. The topological polar surface area (TPSA) is 24.5 Å². The van der Waals surface area contributed by atoms with E-state index in [2.05, 4.69) is 44.9 Å². The van der Waals surface area contributed by atoms with E-state index in [1.54, 1.807) is 12.1 Å². The van der Waals surface area contributed by atoms with Crippen molar-refractivity contribution in [1.29, 1.82) is 0 Å². The van der Waals surface area contributed by atoms with Crippen LogP contribution in [0.5, 0.6) is 5.75 Å². The molecular weight excluding hydrogens is 337 g/mol. The summed E-state index contributed by atoms with van der Waals surface area (Å²) >= 11 is 3.10. The zero-order valence-electron chi connectivity index (χ0n) is 11.2. The minimum atomic E-state index is -4.68. The molecule has 112 valence electrons. The predicted molar refractivity (Wildman–Crippen MR) is 74.9 cm³/mol.